The molecule has 1 heterocycles. The molecule has 0 saturated carbocycles. The van der Waals surface area contributed by atoms with Crippen LogP contribution in [0.5, 0.6) is 5.75 Å². The second-order valence-electron chi connectivity index (χ2n) is 5.10. The average molecular weight is 327 g/mol. The predicted octanol–water partition coefficient (Wildman–Crippen LogP) is 3.74. The summed E-state index contributed by atoms with van der Waals surface area (Å²) in [5.41, 5.74) is 1.09. The summed E-state index contributed by atoms with van der Waals surface area (Å²) in [5, 5.41) is 3.62. The predicted molar refractivity (Wildman–Crippen MR) is 84.1 cm³/mol. The highest BCUT2D eigenvalue weighted by Gasteiger charge is 2.19. The summed E-state index contributed by atoms with van der Waals surface area (Å²) in [4.78, 5) is 2.55. The first kappa shape index (κ1) is 14.7. The van der Waals surface area contributed by atoms with Gasteiger partial charge >= 0.3 is 0 Å². The molecule has 106 valence electrons. The van der Waals surface area contributed by atoms with Gasteiger partial charge in [0.05, 0.1) is 12.8 Å². The molecule has 0 spiro atoms. The lowest BCUT2D eigenvalue weighted by Crippen LogP contribution is -2.39. The van der Waals surface area contributed by atoms with Crippen molar-refractivity contribution in [3.8, 4) is 5.75 Å². The minimum Gasteiger partial charge on any atom is -0.495 e. The number of nitrogens with zero attached hydrogens (tertiary/aromatic N) is 1. The van der Waals surface area contributed by atoms with Crippen LogP contribution < -0.4 is 10.1 Å². The zero-order chi connectivity index (χ0) is 13.7. The van der Waals surface area contributed by atoms with E-state index in [0.717, 1.165) is 15.9 Å². The molecule has 0 aliphatic carbocycles. The van der Waals surface area contributed by atoms with E-state index in [1.165, 1.54) is 38.9 Å². The van der Waals surface area contributed by atoms with Crippen LogP contribution in [0, 0.1) is 0 Å². The Labute approximate surface area is 124 Å². The van der Waals surface area contributed by atoms with Gasteiger partial charge in [-0.3, -0.25) is 0 Å². The molecule has 2 rings (SSSR count). The third-order valence-electron chi connectivity index (χ3n) is 3.65. The fourth-order valence-corrected chi connectivity index (χ4v) is 2.99. The molecule has 1 aliphatic rings. The van der Waals surface area contributed by atoms with Crippen molar-refractivity contribution in [3.05, 3.63) is 22.7 Å². The van der Waals surface area contributed by atoms with Crippen molar-refractivity contribution in [2.75, 3.05) is 32.1 Å². The van der Waals surface area contributed by atoms with Crippen molar-refractivity contribution in [2.45, 2.75) is 32.2 Å². The Balaban J connectivity index is 1.93. The van der Waals surface area contributed by atoms with Crippen LogP contribution in [0.1, 0.15) is 26.2 Å². The van der Waals surface area contributed by atoms with Gasteiger partial charge in [-0.1, -0.05) is 22.9 Å². The van der Waals surface area contributed by atoms with Crippen molar-refractivity contribution in [1.82, 2.24) is 4.90 Å². The van der Waals surface area contributed by atoms with Gasteiger partial charge in [0.25, 0.3) is 0 Å². The van der Waals surface area contributed by atoms with Gasteiger partial charge in [0, 0.05) is 23.6 Å². The van der Waals surface area contributed by atoms with E-state index in [4.69, 9.17) is 4.74 Å². The topological polar surface area (TPSA) is 24.5 Å². The van der Waals surface area contributed by atoms with Crippen molar-refractivity contribution in [3.63, 3.8) is 0 Å². The standard InChI is InChI=1S/C15H23BrN2O/c1-3-8-18-9-6-13(7-10-18)17-14-11-12(16)4-5-15(14)19-2/h4-5,11,13,17H,3,6-10H2,1-2H3. The van der Waals surface area contributed by atoms with Crippen molar-refractivity contribution >= 4 is 21.6 Å². The van der Waals surface area contributed by atoms with E-state index in [9.17, 15) is 0 Å². The van der Waals surface area contributed by atoms with Crippen molar-refractivity contribution in [2.24, 2.45) is 0 Å². The molecule has 1 aromatic rings. The van der Waals surface area contributed by atoms with E-state index >= 15 is 0 Å². The lowest BCUT2D eigenvalue weighted by molar-refractivity contribution is 0.219. The van der Waals surface area contributed by atoms with E-state index < -0.39 is 0 Å². The van der Waals surface area contributed by atoms with E-state index in [0.29, 0.717) is 6.04 Å². The Morgan fingerprint density at radius 3 is 2.74 bits per heavy atom. The maximum atomic E-state index is 5.41. The summed E-state index contributed by atoms with van der Waals surface area (Å²) in [7, 11) is 1.72. The highest BCUT2D eigenvalue weighted by atomic mass is 79.9. The van der Waals surface area contributed by atoms with Crippen LogP contribution in [-0.4, -0.2) is 37.7 Å². The Morgan fingerprint density at radius 2 is 2.11 bits per heavy atom. The Morgan fingerprint density at radius 1 is 1.37 bits per heavy atom. The lowest BCUT2D eigenvalue weighted by atomic mass is 10.0. The minimum atomic E-state index is 0.552. The first-order valence-electron chi connectivity index (χ1n) is 7.05. The number of ether oxygens (including phenoxy) is 1. The molecule has 3 nitrogen and oxygen atoms in total. The molecule has 1 fully saturated rings. The molecular weight excluding hydrogens is 304 g/mol. The molecule has 1 N–H and O–H groups in total. The average Bonchev–Trinajstić information content (AvgIpc) is 2.42. The number of methoxy groups -OCH3 is 1. The second-order valence-corrected chi connectivity index (χ2v) is 6.02. The molecule has 1 saturated heterocycles. The Kier molecular flexibility index (Phi) is 5.52. The molecule has 1 aliphatic heterocycles. The summed E-state index contributed by atoms with van der Waals surface area (Å²) < 4.78 is 6.49. The number of likely N-dealkylation sites (tertiary alicyclic amines) is 1. The van der Waals surface area contributed by atoms with E-state index in [1.54, 1.807) is 7.11 Å². The quantitative estimate of drug-likeness (QED) is 0.891. The number of hydrogen-bond acceptors (Lipinski definition) is 3. The summed E-state index contributed by atoms with van der Waals surface area (Å²) in [6.07, 6.45) is 3.66. The third-order valence-corrected chi connectivity index (χ3v) is 4.14. The fourth-order valence-electron chi connectivity index (χ4n) is 2.63. The van der Waals surface area contributed by atoms with Gasteiger partial charge in [-0.25, -0.2) is 0 Å². The van der Waals surface area contributed by atoms with Crippen molar-refractivity contribution < 1.29 is 4.74 Å². The van der Waals surface area contributed by atoms with Gasteiger partial charge < -0.3 is 15.0 Å². The first-order valence-corrected chi connectivity index (χ1v) is 7.84. The van der Waals surface area contributed by atoms with Crippen LogP contribution in [0.15, 0.2) is 22.7 Å². The molecule has 0 unspecified atom stereocenters. The lowest BCUT2D eigenvalue weighted by Gasteiger charge is -2.32. The van der Waals surface area contributed by atoms with E-state index in [2.05, 4.69) is 39.1 Å². The molecular formula is C15H23BrN2O. The summed E-state index contributed by atoms with van der Waals surface area (Å²) in [6, 6.07) is 6.65. The fraction of sp³-hybridized carbons (Fsp3) is 0.600. The normalized spacial score (nSPS) is 17.4. The Bertz CT molecular complexity index is 403. The van der Waals surface area contributed by atoms with Crippen LogP contribution >= 0.6 is 15.9 Å². The van der Waals surface area contributed by atoms with Crippen LogP contribution in [0.2, 0.25) is 0 Å². The Hall–Kier alpha value is -0.740. The van der Waals surface area contributed by atoms with E-state index in [-0.39, 0.29) is 0 Å². The first-order chi connectivity index (χ1) is 9.22. The second kappa shape index (κ2) is 7.15. The maximum Gasteiger partial charge on any atom is 0.142 e. The minimum absolute atomic E-state index is 0.552. The maximum absolute atomic E-state index is 5.41. The highest BCUT2D eigenvalue weighted by molar-refractivity contribution is 9.10. The van der Waals surface area contributed by atoms with Crippen LogP contribution in [-0.2, 0) is 0 Å². The number of anilines is 1. The summed E-state index contributed by atoms with van der Waals surface area (Å²) in [5.74, 6) is 0.916. The zero-order valence-corrected chi connectivity index (χ0v) is 13.4. The third kappa shape index (κ3) is 4.11. The monoisotopic (exact) mass is 326 g/mol. The highest BCUT2D eigenvalue weighted by Crippen LogP contribution is 2.29. The zero-order valence-electron chi connectivity index (χ0n) is 11.8. The number of halogens is 1. The number of piperidine rings is 1. The van der Waals surface area contributed by atoms with Crippen LogP contribution in [0.3, 0.4) is 0 Å². The van der Waals surface area contributed by atoms with Gasteiger partial charge in [0.15, 0.2) is 0 Å². The number of benzene rings is 1. The molecule has 0 bridgehead atoms. The number of rotatable bonds is 5. The molecule has 19 heavy (non-hydrogen) atoms. The van der Waals surface area contributed by atoms with Crippen LogP contribution in [0.4, 0.5) is 5.69 Å². The van der Waals surface area contributed by atoms with Gasteiger partial charge in [0.2, 0.25) is 0 Å². The molecule has 0 atom stereocenters. The molecule has 1 aromatic carbocycles. The molecule has 0 amide bonds. The van der Waals surface area contributed by atoms with Gasteiger partial charge in [-0.15, -0.1) is 0 Å². The van der Waals surface area contributed by atoms with Gasteiger partial charge in [-0.05, 0) is 44.0 Å². The SMILES string of the molecule is CCCN1CCC(Nc2cc(Br)ccc2OC)CC1. The molecule has 4 heteroatoms. The van der Waals surface area contributed by atoms with Crippen LogP contribution in [0.25, 0.3) is 0 Å². The van der Waals surface area contributed by atoms with Gasteiger partial charge in [0.1, 0.15) is 5.75 Å². The number of nitrogens with one attached hydrogen (secondary N) is 1. The largest absolute Gasteiger partial charge is 0.495 e. The van der Waals surface area contributed by atoms with Crippen molar-refractivity contribution in [1.29, 1.82) is 0 Å². The molecule has 0 radical (unpaired) electrons. The summed E-state index contributed by atoms with van der Waals surface area (Å²) >= 11 is 3.52. The summed E-state index contributed by atoms with van der Waals surface area (Å²) in [6.45, 7) is 5.87. The smallest absolute Gasteiger partial charge is 0.142 e. The molecule has 0 aromatic heterocycles. The van der Waals surface area contributed by atoms with E-state index in [1.807, 2.05) is 12.1 Å². The van der Waals surface area contributed by atoms with Gasteiger partial charge in [-0.2, -0.15) is 0 Å². The number of hydrogen-bond donors (Lipinski definition) is 1.